The maximum Gasteiger partial charge on any atom is 0.155 e. The molecule has 1 rings (SSSR count). The predicted octanol–water partition coefficient (Wildman–Crippen LogP) is 2.13. The van der Waals surface area contributed by atoms with Crippen molar-refractivity contribution in [3.63, 3.8) is 0 Å². The Morgan fingerprint density at radius 2 is 1.72 bits per heavy atom. The van der Waals surface area contributed by atoms with E-state index in [0.29, 0.717) is 6.07 Å². The Morgan fingerprint density at radius 1 is 1.22 bits per heavy atom. The van der Waals surface area contributed by atoms with Crippen LogP contribution in [0.5, 0.6) is 0 Å². The summed E-state index contributed by atoms with van der Waals surface area (Å²) in [4.78, 5) is 0. The fraction of sp³-hybridized carbons (Fsp3) is 0.500. The molecule has 1 N–H and O–H groups in total. The van der Waals surface area contributed by atoms with Gasteiger partial charge in [0.25, 0.3) is 0 Å². The lowest BCUT2D eigenvalue weighted by Gasteiger charge is -2.29. The minimum absolute atomic E-state index is 0.148. The summed E-state index contributed by atoms with van der Waals surface area (Å²) >= 11 is 0. The van der Waals surface area contributed by atoms with Crippen LogP contribution in [0.25, 0.3) is 0 Å². The number of aliphatic hydroxyl groups excluding tert-OH is 1. The summed E-state index contributed by atoms with van der Waals surface area (Å²) in [7, 11) is -3.60. The van der Waals surface area contributed by atoms with Crippen molar-refractivity contribution >= 4 is 9.84 Å². The topological polar surface area (TPSA) is 54.4 Å². The van der Waals surface area contributed by atoms with E-state index in [2.05, 4.69) is 0 Å². The first-order valence-corrected chi connectivity index (χ1v) is 7.21. The van der Waals surface area contributed by atoms with Gasteiger partial charge in [0.15, 0.2) is 9.84 Å². The van der Waals surface area contributed by atoms with Crippen LogP contribution in [0.15, 0.2) is 12.1 Å². The third-order valence-corrected chi connectivity index (χ3v) is 5.32. The minimum Gasteiger partial charge on any atom is -0.387 e. The molecule has 0 bridgehead atoms. The second-order valence-electron chi connectivity index (χ2n) is 4.90. The third kappa shape index (κ3) is 2.54. The zero-order chi connectivity index (χ0) is 14.3. The number of aryl methyl sites for hydroxylation is 1. The third-order valence-electron chi connectivity index (χ3n) is 3.19. The fourth-order valence-corrected chi connectivity index (χ4v) is 2.00. The monoisotopic (exact) mass is 278 g/mol. The highest BCUT2D eigenvalue weighted by Gasteiger charge is 2.40. The standard InChI is InChI=1S/C12H16F2O3S/c1-7-5-8(10(14)6-9(7)13)11(15)12(2,3)18(4,16)17/h5-6,11,15H,1-4H3. The van der Waals surface area contributed by atoms with Gasteiger partial charge in [0.1, 0.15) is 17.7 Å². The Labute approximate surface area is 105 Å². The lowest BCUT2D eigenvalue weighted by atomic mass is 9.96. The molecule has 0 aliphatic carbocycles. The lowest BCUT2D eigenvalue weighted by Crippen LogP contribution is -2.38. The Balaban J connectivity index is 3.36. The second kappa shape index (κ2) is 4.59. The van der Waals surface area contributed by atoms with Gasteiger partial charge in [0.2, 0.25) is 0 Å². The predicted molar refractivity (Wildman–Crippen MR) is 65.0 cm³/mol. The first-order valence-electron chi connectivity index (χ1n) is 5.31. The van der Waals surface area contributed by atoms with Crippen LogP contribution in [0.4, 0.5) is 8.78 Å². The number of hydrogen-bond acceptors (Lipinski definition) is 3. The summed E-state index contributed by atoms with van der Waals surface area (Å²) in [5.41, 5.74) is -0.0703. The number of rotatable bonds is 3. The van der Waals surface area contributed by atoms with Crippen LogP contribution in [0, 0.1) is 18.6 Å². The van der Waals surface area contributed by atoms with Crippen LogP contribution in [-0.2, 0) is 9.84 Å². The van der Waals surface area contributed by atoms with E-state index in [1.165, 1.54) is 20.8 Å². The molecule has 0 aliphatic rings. The van der Waals surface area contributed by atoms with Gasteiger partial charge in [-0.25, -0.2) is 17.2 Å². The van der Waals surface area contributed by atoms with E-state index >= 15 is 0 Å². The van der Waals surface area contributed by atoms with Gasteiger partial charge in [-0.1, -0.05) is 0 Å². The molecule has 1 aromatic carbocycles. The van der Waals surface area contributed by atoms with Crippen LogP contribution in [0.3, 0.4) is 0 Å². The summed E-state index contributed by atoms with van der Waals surface area (Å²) in [6.07, 6.45) is -0.600. The molecule has 3 nitrogen and oxygen atoms in total. The number of sulfone groups is 1. The van der Waals surface area contributed by atoms with Gasteiger partial charge in [-0.05, 0) is 32.4 Å². The molecule has 0 aromatic heterocycles. The Bertz CT molecular complexity index is 565. The lowest BCUT2D eigenvalue weighted by molar-refractivity contribution is 0.135. The molecular formula is C12H16F2O3S. The first-order chi connectivity index (χ1) is 7.98. The molecule has 0 fully saturated rings. The second-order valence-corrected chi connectivity index (χ2v) is 7.50. The van der Waals surface area contributed by atoms with E-state index in [0.717, 1.165) is 12.3 Å². The highest BCUT2D eigenvalue weighted by molar-refractivity contribution is 7.92. The highest BCUT2D eigenvalue weighted by Crippen LogP contribution is 2.34. The van der Waals surface area contributed by atoms with Crippen molar-refractivity contribution in [2.24, 2.45) is 0 Å². The average molecular weight is 278 g/mol. The fourth-order valence-electron chi connectivity index (χ4n) is 1.47. The van der Waals surface area contributed by atoms with Gasteiger partial charge in [0.05, 0.1) is 4.75 Å². The van der Waals surface area contributed by atoms with Crippen molar-refractivity contribution in [2.45, 2.75) is 31.6 Å². The Morgan fingerprint density at radius 3 is 2.17 bits per heavy atom. The van der Waals surface area contributed by atoms with Crippen LogP contribution in [0.2, 0.25) is 0 Å². The van der Waals surface area contributed by atoms with Crippen molar-refractivity contribution in [3.05, 3.63) is 34.9 Å². The summed E-state index contributed by atoms with van der Waals surface area (Å²) in [6.45, 7) is 4.01. The largest absolute Gasteiger partial charge is 0.387 e. The van der Waals surface area contributed by atoms with Crippen LogP contribution in [-0.4, -0.2) is 24.5 Å². The van der Waals surface area contributed by atoms with Crippen LogP contribution in [0.1, 0.15) is 31.1 Å². The molecule has 18 heavy (non-hydrogen) atoms. The molecule has 6 heteroatoms. The Hall–Kier alpha value is -1.01. The minimum atomic E-state index is -3.60. The molecule has 0 saturated heterocycles. The average Bonchev–Trinajstić information content (AvgIpc) is 2.20. The maximum absolute atomic E-state index is 13.6. The molecule has 0 amide bonds. The van der Waals surface area contributed by atoms with E-state index in [-0.39, 0.29) is 11.1 Å². The molecule has 1 unspecified atom stereocenters. The van der Waals surface area contributed by atoms with Crippen molar-refractivity contribution < 1.29 is 22.3 Å². The first kappa shape index (κ1) is 15.0. The molecular weight excluding hydrogens is 262 g/mol. The zero-order valence-corrected chi connectivity index (χ0v) is 11.5. The molecule has 102 valence electrons. The molecule has 1 atom stereocenters. The summed E-state index contributed by atoms with van der Waals surface area (Å²) in [6, 6.07) is 1.77. The van der Waals surface area contributed by atoms with Gasteiger partial charge in [-0.15, -0.1) is 0 Å². The molecule has 0 aliphatic heterocycles. The number of halogens is 2. The smallest absolute Gasteiger partial charge is 0.155 e. The quantitative estimate of drug-likeness (QED) is 0.921. The van der Waals surface area contributed by atoms with Gasteiger partial charge >= 0.3 is 0 Å². The van der Waals surface area contributed by atoms with Crippen molar-refractivity contribution in [3.8, 4) is 0 Å². The molecule has 0 spiro atoms. The van der Waals surface area contributed by atoms with Gasteiger partial charge in [0, 0.05) is 17.9 Å². The molecule has 0 saturated carbocycles. The van der Waals surface area contributed by atoms with Crippen molar-refractivity contribution in [2.75, 3.05) is 6.26 Å². The SMILES string of the molecule is Cc1cc(C(O)C(C)(C)S(C)(=O)=O)c(F)cc1F. The summed E-state index contributed by atoms with van der Waals surface area (Å²) in [5.74, 6) is -1.69. The van der Waals surface area contributed by atoms with E-state index in [9.17, 15) is 22.3 Å². The van der Waals surface area contributed by atoms with Gasteiger partial charge in [-0.2, -0.15) is 0 Å². The summed E-state index contributed by atoms with van der Waals surface area (Å²) < 4.78 is 48.3. The van der Waals surface area contributed by atoms with E-state index in [1.54, 1.807) is 0 Å². The molecule has 0 heterocycles. The van der Waals surface area contributed by atoms with Gasteiger partial charge < -0.3 is 5.11 Å². The van der Waals surface area contributed by atoms with E-state index in [4.69, 9.17) is 0 Å². The maximum atomic E-state index is 13.6. The zero-order valence-electron chi connectivity index (χ0n) is 10.7. The Kier molecular flexibility index (Phi) is 3.83. The number of hydrogen-bond donors (Lipinski definition) is 1. The van der Waals surface area contributed by atoms with Gasteiger partial charge in [-0.3, -0.25) is 0 Å². The van der Waals surface area contributed by atoms with E-state index in [1.807, 2.05) is 0 Å². The van der Waals surface area contributed by atoms with E-state index < -0.39 is 32.3 Å². The molecule has 0 radical (unpaired) electrons. The number of benzene rings is 1. The van der Waals surface area contributed by atoms with Crippen molar-refractivity contribution in [1.29, 1.82) is 0 Å². The summed E-state index contributed by atoms with van der Waals surface area (Å²) in [5, 5.41) is 10.0. The van der Waals surface area contributed by atoms with Crippen molar-refractivity contribution in [1.82, 2.24) is 0 Å². The van der Waals surface area contributed by atoms with Crippen LogP contribution < -0.4 is 0 Å². The van der Waals surface area contributed by atoms with Crippen LogP contribution >= 0.6 is 0 Å². The number of aliphatic hydroxyl groups is 1. The molecule has 1 aromatic rings. The highest BCUT2D eigenvalue weighted by atomic mass is 32.2. The normalized spacial score (nSPS) is 14.6.